The molecule has 1 aromatic heterocycles. The lowest BCUT2D eigenvalue weighted by Crippen LogP contribution is -2.39. The summed E-state index contributed by atoms with van der Waals surface area (Å²) in [7, 11) is 2.30. The van der Waals surface area contributed by atoms with Crippen molar-refractivity contribution in [1.82, 2.24) is 10.2 Å². The van der Waals surface area contributed by atoms with E-state index < -0.39 is 0 Å². The monoisotopic (exact) mass is 294 g/mol. The summed E-state index contributed by atoms with van der Waals surface area (Å²) in [6.07, 6.45) is 7.05. The number of hydrogen-bond acceptors (Lipinski definition) is 3. The van der Waals surface area contributed by atoms with Crippen LogP contribution in [-0.4, -0.2) is 31.1 Å². The number of thiophene rings is 1. The summed E-state index contributed by atoms with van der Waals surface area (Å²) in [6.45, 7) is 7.81. The lowest BCUT2D eigenvalue weighted by atomic mass is 9.84. The van der Waals surface area contributed by atoms with Gasteiger partial charge >= 0.3 is 0 Å². The van der Waals surface area contributed by atoms with Crippen molar-refractivity contribution in [3.8, 4) is 0 Å². The molecule has 0 bridgehead atoms. The summed E-state index contributed by atoms with van der Waals surface area (Å²) >= 11 is 1.90. The van der Waals surface area contributed by atoms with Crippen LogP contribution in [-0.2, 0) is 6.54 Å². The summed E-state index contributed by atoms with van der Waals surface area (Å²) in [5.74, 6) is 1.000. The van der Waals surface area contributed by atoms with Crippen LogP contribution in [0.5, 0.6) is 0 Å². The van der Waals surface area contributed by atoms with Crippen LogP contribution in [0.1, 0.15) is 48.8 Å². The van der Waals surface area contributed by atoms with Gasteiger partial charge in [-0.1, -0.05) is 13.3 Å². The zero-order chi connectivity index (χ0) is 14.4. The van der Waals surface area contributed by atoms with Gasteiger partial charge in [-0.05, 0) is 57.7 Å². The second-order valence-corrected chi connectivity index (χ2v) is 7.62. The van der Waals surface area contributed by atoms with Gasteiger partial charge in [-0.25, -0.2) is 0 Å². The number of hydrogen-bond donors (Lipinski definition) is 1. The first-order chi connectivity index (χ1) is 9.69. The van der Waals surface area contributed by atoms with E-state index in [-0.39, 0.29) is 0 Å². The van der Waals surface area contributed by atoms with Crippen molar-refractivity contribution in [2.45, 2.75) is 58.5 Å². The van der Waals surface area contributed by atoms with E-state index in [9.17, 15) is 0 Å². The average molecular weight is 295 g/mol. The Balaban J connectivity index is 1.59. The molecule has 3 heteroatoms. The van der Waals surface area contributed by atoms with E-state index >= 15 is 0 Å². The van der Waals surface area contributed by atoms with Crippen molar-refractivity contribution in [1.29, 1.82) is 0 Å². The van der Waals surface area contributed by atoms with Gasteiger partial charge in [-0.15, -0.1) is 11.3 Å². The zero-order valence-electron chi connectivity index (χ0n) is 13.3. The Morgan fingerprint density at radius 1 is 1.25 bits per heavy atom. The summed E-state index contributed by atoms with van der Waals surface area (Å²) in [5.41, 5.74) is 0. The Hall–Kier alpha value is -0.380. The average Bonchev–Trinajstić information content (AvgIpc) is 2.89. The van der Waals surface area contributed by atoms with Crippen molar-refractivity contribution >= 4 is 11.3 Å². The summed E-state index contributed by atoms with van der Waals surface area (Å²) in [5, 5.41) is 3.57. The molecule has 0 aromatic carbocycles. The third-order valence-corrected chi connectivity index (χ3v) is 5.75. The van der Waals surface area contributed by atoms with E-state index in [1.165, 1.54) is 48.4 Å². The number of nitrogens with zero attached hydrogens (tertiary/aromatic N) is 1. The minimum atomic E-state index is 0.823. The fourth-order valence-corrected chi connectivity index (χ4v) is 4.08. The maximum Gasteiger partial charge on any atom is 0.0300 e. The SMILES string of the molecule is CCC1CCC(N(C)CCNCc2ccc(C)s2)CC1. The lowest BCUT2D eigenvalue weighted by molar-refractivity contribution is 0.164. The molecule has 1 N–H and O–H groups in total. The molecule has 0 spiro atoms. The molecule has 0 atom stereocenters. The minimum absolute atomic E-state index is 0.823. The molecule has 1 aromatic rings. The lowest BCUT2D eigenvalue weighted by Gasteiger charge is -2.34. The van der Waals surface area contributed by atoms with Crippen LogP contribution in [0, 0.1) is 12.8 Å². The van der Waals surface area contributed by atoms with Gasteiger partial charge in [-0.2, -0.15) is 0 Å². The van der Waals surface area contributed by atoms with Crippen LogP contribution in [0.15, 0.2) is 12.1 Å². The first-order valence-electron chi connectivity index (χ1n) is 8.15. The highest BCUT2D eigenvalue weighted by atomic mass is 32.1. The Bertz CT molecular complexity index is 380. The summed E-state index contributed by atoms with van der Waals surface area (Å²) in [6, 6.07) is 5.27. The molecule has 2 nitrogen and oxygen atoms in total. The Morgan fingerprint density at radius 2 is 2.00 bits per heavy atom. The predicted molar refractivity (Wildman–Crippen MR) is 89.4 cm³/mol. The molecular weight excluding hydrogens is 264 g/mol. The predicted octanol–water partition coefficient (Wildman–Crippen LogP) is 4.05. The topological polar surface area (TPSA) is 15.3 Å². The standard InChI is InChI=1S/C17H30N2S/c1-4-15-6-8-16(9-7-15)19(3)12-11-18-13-17-10-5-14(2)20-17/h5,10,15-16,18H,4,6-9,11-13H2,1-3H3. The third-order valence-electron chi connectivity index (χ3n) is 4.75. The van der Waals surface area contributed by atoms with Crippen molar-refractivity contribution in [3.63, 3.8) is 0 Å². The Morgan fingerprint density at radius 3 is 2.60 bits per heavy atom. The fraction of sp³-hybridized carbons (Fsp3) is 0.765. The Kier molecular flexibility index (Phi) is 6.53. The van der Waals surface area contributed by atoms with Gasteiger partial charge < -0.3 is 10.2 Å². The molecule has 1 fully saturated rings. The number of likely N-dealkylation sites (N-methyl/N-ethyl adjacent to an activating group) is 1. The molecular formula is C17H30N2S. The van der Waals surface area contributed by atoms with Gasteiger partial charge in [-0.3, -0.25) is 0 Å². The zero-order valence-corrected chi connectivity index (χ0v) is 14.1. The quantitative estimate of drug-likeness (QED) is 0.763. The first-order valence-corrected chi connectivity index (χ1v) is 8.97. The van der Waals surface area contributed by atoms with Crippen molar-refractivity contribution in [2.24, 2.45) is 5.92 Å². The molecule has 1 aliphatic carbocycles. The van der Waals surface area contributed by atoms with Gasteiger partial charge in [0.15, 0.2) is 0 Å². The van der Waals surface area contributed by atoms with Crippen LogP contribution >= 0.6 is 11.3 Å². The highest BCUT2D eigenvalue weighted by Gasteiger charge is 2.22. The molecule has 2 rings (SSSR count). The van der Waals surface area contributed by atoms with Gasteiger partial charge in [0, 0.05) is 35.4 Å². The summed E-state index contributed by atoms with van der Waals surface area (Å²) < 4.78 is 0. The molecule has 1 aliphatic rings. The largest absolute Gasteiger partial charge is 0.311 e. The molecule has 20 heavy (non-hydrogen) atoms. The fourth-order valence-electron chi connectivity index (χ4n) is 3.22. The molecule has 1 heterocycles. The number of aryl methyl sites for hydroxylation is 1. The maximum atomic E-state index is 3.57. The molecule has 0 unspecified atom stereocenters. The van der Waals surface area contributed by atoms with Crippen molar-refractivity contribution in [3.05, 3.63) is 21.9 Å². The number of rotatable bonds is 7. The molecule has 114 valence electrons. The maximum absolute atomic E-state index is 3.57. The highest BCUT2D eigenvalue weighted by molar-refractivity contribution is 7.11. The van der Waals surface area contributed by atoms with Gasteiger partial charge in [0.05, 0.1) is 0 Å². The second kappa shape index (κ2) is 8.16. The van der Waals surface area contributed by atoms with Crippen LogP contribution in [0.2, 0.25) is 0 Å². The van der Waals surface area contributed by atoms with E-state index in [2.05, 4.69) is 43.2 Å². The summed E-state index contributed by atoms with van der Waals surface area (Å²) in [4.78, 5) is 5.43. The van der Waals surface area contributed by atoms with E-state index in [4.69, 9.17) is 0 Å². The second-order valence-electron chi connectivity index (χ2n) is 6.25. The van der Waals surface area contributed by atoms with Crippen LogP contribution in [0.4, 0.5) is 0 Å². The van der Waals surface area contributed by atoms with Crippen LogP contribution in [0.25, 0.3) is 0 Å². The Labute approximate surface area is 128 Å². The van der Waals surface area contributed by atoms with Crippen LogP contribution < -0.4 is 5.32 Å². The number of nitrogens with one attached hydrogen (secondary N) is 1. The molecule has 0 aliphatic heterocycles. The third kappa shape index (κ3) is 4.87. The van der Waals surface area contributed by atoms with E-state index in [1.54, 1.807) is 0 Å². The van der Waals surface area contributed by atoms with Gasteiger partial charge in [0.1, 0.15) is 0 Å². The van der Waals surface area contributed by atoms with Gasteiger partial charge in [0.25, 0.3) is 0 Å². The highest BCUT2D eigenvalue weighted by Crippen LogP contribution is 2.28. The first kappa shape index (κ1) is 16.0. The van der Waals surface area contributed by atoms with E-state index in [0.717, 1.165) is 25.0 Å². The van der Waals surface area contributed by atoms with Gasteiger partial charge in [0.2, 0.25) is 0 Å². The van der Waals surface area contributed by atoms with Crippen molar-refractivity contribution < 1.29 is 0 Å². The molecule has 0 saturated heterocycles. The van der Waals surface area contributed by atoms with E-state index in [1.807, 2.05) is 11.3 Å². The normalized spacial score (nSPS) is 23.4. The van der Waals surface area contributed by atoms with E-state index in [0.29, 0.717) is 0 Å². The molecule has 0 amide bonds. The molecule has 0 radical (unpaired) electrons. The minimum Gasteiger partial charge on any atom is -0.311 e. The van der Waals surface area contributed by atoms with Crippen LogP contribution in [0.3, 0.4) is 0 Å². The molecule has 1 saturated carbocycles. The smallest absolute Gasteiger partial charge is 0.0300 e. The van der Waals surface area contributed by atoms with Crippen molar-refractivity contribution in [2.75, 3.05) is 20.1 Å².